The third-order valence-electron chi connectivity index (χ3n) is 3.85. The first-order valence-electron chi connectivity index (χ1n) is 9.17. The van der Waals surface area contributed by atoms with E-state index in [0.717, 1.165) is 0 Å². The summed E-state index contributed by atoms with van der Waals surface area (Å²) in [5, 5.41) is 46.0. The van der Waals surface area contributed by atoms with E-state index in [4.69, 9.17) is 20.4 Å². The summed E-state index contributed by atoms with van der Waals surface area (Å²) in [6.45, 7) is 0.476. The Morgan fingerprint density at radius 2 is 0.833 bits per heavy atom. The minimum absolute atomic E-state index is 0.322. The first kappa shape index (κ1) is 27.6. The largest absolute Gasteiger partial charge is 0.480 e. The number of hydrogen-bond donors (Lipinski definition) is 8. The predicted octanol–water partition coefficient (Wildman–Crippen LogP) is -3.80. The van der Waals surface area contributed by atoms with E-state index < -0.39 is 36.2 Å². The van der Waals surface area contributed by atoms with E-state index >= 15 is 0 Å². The van der Waals surface area contributed by atoms with Crippen LogP contribution < -0.4 is 21.3 Å². The van der Waals surface area contributed by atoms with E-state index in [-0.39, 0.29) is 26.2 Å². The van der Waals surface area contributed by atoms with E-state index in [1.807, 2.05) is 9.80 Å². The molecular weight excluding hydrogens is 404 g/mol. The maximum absolute atomic E-state index is 10.7. The molecule has 14 heteroatoms. The van der Waals surface area contributed by atoms with Crippen LogP contribution in [0.2, 0.25) is 0 Å². The van der Waals surface area contributed by atoms with Gasteiger partial charge in [-0.1, -0.05) is 0 Å². The number of carboxylic acid groups (broad SMARTS) is 4. The van der Waals surface area contributed by atoms with Crippen molar-refractivity contribution in [2.24, 2.45) is 0 Å². The third kappa shape index (κ3) is 16.6. The van der Waals surface area contributed by atoms with E-state index in [2.05, 4.69) is 21.3 Å². The Hall–Kier alpha value is -2.36. The summed E-state index contributed by atoms with van der Waals surface area (Å²) in [7, 11) is 3.57. The number of aliphatic carboxylic acids is 4. The van der Waals surface area contributed by atoms with Crippen LogP contribution in [0, 0.1) is 0 Å². The molecule has 0 unspecified atom stereocenters. The molecule has 0 fully saturated rings. The Morgan fingerprint density at radius 1 is 0.600 bits per heavy atom. The normalized spacial score (nSPS) is 11.5. The fraction of sp³-hybridized carbons (Fsp3) is 0.750. The van der Waals surface area contributed by atoms with Crippen LogP contribution in [0.15, 0.2) is 0 Å². The van der Waals surface area contributed by atoms with Crippen LogP contribution >= 0.6 is 0 Å². The van der Waals surface area contributed by atoms with Crippen molar-refractivity contribution in [2.75, 3.05) is 66.5 Å². The molecule has 30 heavy (non-hydrogen) atoms. The van der Waals surface area contributed by atoms with Crippen molar-refractivity contribution in [2.45, 2.75) is 12.3 Å². The van der Waals surface area contributed by atoms with Crippen LogP contribution in [-0.4, -0.2) is 133 Å². The molecule has 0 aromatic heterocycles. The minimum atomic E-state index is -1.06. The zero-order chi connectivity index (χ0) is 23.1. The molecule has 14 nitrogen and oxygen atoms in total. The molecule has 0 aliphatic rings. The third-order valence-corrected chi connectivity index (χ3v) is 3.85. The van der Waals surface area contributed by atoms with Gasteiger partial charge in [-0.2, -0.15) is 0 Å². The summed E-state index contributed by atoms with van der Waals surface area (Å²) in [4.78, 5) is 46.6. The van der Waals surface area contributed by atoms with Crippen LogP contribution in [-0.2, 0) is 19.2 Å². The van der Waals surface area contributed by atoms with Gasteiger partial charge in [-0.15, -0.1) is 0 Å². The number of rotatable bonds is 19. The summed E-state index contributed by atoms with van der Waals surface area (Å²) < 4.78 is 0. The summed E-state index contributed by atoms with van der Waals surface area (Å²) in [5.41, 5.74) is 0. The highest BCUT2D eigenvalue weighted by Crippen LogP contribution is 1.92. The minimum Gasteiger partial charge on any atom is -0.480 e. The molecule has 0 saturated heterocycles. The van der Waals surface area contributed by atoms with Crippen molar-refractivity contribution in [1.82, 2.24) is 31.1 Å². The van der Waals surface area contributed by atoms with Gasteiger partial charge in [-0.3, -0.25) is 40.4 Å². The van der Waals surface area contributed by atoms with Crippen LogP contribution in [0.4, 0.5) is 0 Å². The second-order valence-electron chi connectivity index (χ2n) is 6.73. The van der Waals surface area contributed by atoms with Gasteiger partial charge in [-0.25, -0.2) is 0 Å². The van der Waals surface area contributed by atoms with Crippen molar-refractivity contribution in [3.63, 3.8) is 0 Å². The predicted molar refractivity (Wildman–Crippen MR) is 105 cm³/mol. The van der Waals surface area contributed by atoms with E-state index in [0.29, 0.717) is 26.2 Å². The first-order valence-corrected chi connectivity index (χ1v) is 9.17. The first-order chi connectivity index (χ1) is 14.0. The standard InChI is InChI=1S/C16H32N6O8/c1-21(9-11(17-5-13(23)24)18-6-14(25)26)3-4-22(2)10-12(19-7-15(27)28)20-8-16(29)30/h11-12,17-20H,3-10H2,1-2H3,(H,23,24)(H,25,26)(H,27,28)(H,29,30). The van der Waals surface area contributed by atoms with Gasteiger partial charge in [0.05, 0.1) is 38.5 Å². The number of hydrogen-bond acceptors (Lipinski definition) is 10. The Kier molecular flexibility index (Phi) is 14.3. The Bertz CT molecular complexity index is 480. The smallest absolute Gasteiger partial charge is 0.317 e. The van der Waals surface area contributed by atoms with Crippen LogP contribution in [0.3, 0.4) is 0 Å². The number of carbonyl (C=O) groups is 4. The number of carboxylic acids is 4. The van der Waals surface area contributed by atoms with Gasteiger partial charge >= 0.3 is 23.9 Å². The Labute approximate surface area is 174 Å². The van der Waals surface area contributed by atoms with Crippen molar-refractivity contribution >= 4 is 23.9 Å². The molecule has 0 aliphatic carbocycles. The topological polar surface area (TPSA) is 204 Å². The van der Waals surface area contributed by atoms with E-state index in [1.165, 1.54) is 0 Å². The van der Waals surface area contributed by atoms with Gasteiger partial charge in [0.15, 0.2) is 0 Å². The zero-order valence-electron chi connectivity index (χ0n) is 17.1. The van der Waals surface area contributed by atoms with Crippen LogP contribution in [0.1, 0.15) is 0 Å². The van der Waals surface area contributed by atoms with Gasteiger partial charge in [0.1, 0.15) is 0 Å². The second kappa shape index (κ2) is 15.5. The Balaban J connectivity index is 4.52. The summed E-state index contributed by atoms with van der Waals surface area (Å²) in [5.74, 6) is -4.25. The summed E-state index contributed by atoms with van der Waals surface area (Å²) >= 11 is 0. The maximum atomic E-state index is 10.7. The van der Waals surface area contributed by atoms with Crippen molar-refractivity contribution in [1.29, 1.82) is 0 Å². The number of likely N-dealkylation sites (N-methyl/N-ethyl adjacent to an activating group) is 2. The average molecular weight is 436 g/mol. The number of nitrogens with one attached hydrogen (secondary N) is 4. The monoisotopic (exact) mass is 436 g/mol. The molecule has 0 rings (SSSR count). The van der Waals surface area contributed by atoms with Crippen LogP contribution in [0.5, 0.6) is 0 Å². The lowest BCUT2D eigenvalue weighted by Crippen LogP contribution is -2.54. The van der Waals surface area contributed by atoms with Gasteiger partial charge in [0.2, 0.25) is 0 Å². The lowest BCUT2D eigenvalue weighted by Gasteiger charge is -2.29. The molecule has 0 aromatic rings. The SMILES string of the molecule is CN(CCN(C)CC(NCC(=O)O)NCC(=O)O)CC(NCC(=O)O)NCC(=O)O. The summed E-state index contributed by atoms with van der Waals surface area (Å²) in [6.07, 6.45) is -1.09. The van der Waals surface area contributed by atoms with E-state index in [9.17, 15) is 19.2 Å². The molecule has 0 atom stereocenters. The molecule has 0 radical (unpaired) electrons. The lowest BCUT2D eigenvalue weighted by molar-refractivity contribution is -0.138. The molecule has 0 heterocycles. The maximum Gasteiger partial charge on any atom is 0.317 e. The molecule has 0 saturated carbocycles. The fourth-order valence-electron chi connectivity index (χ4n) is 2.39. The van der Waals surface area contributed by atoms with Crippen LogP contribution in [0.25, 0.3) is 0 Å². The zero-order valence-corrected chi connectivity index (χ0v) is 17.1. The van der Waals surface area contributed by atoms with Crippen molar-refractivity contribution in [3.8, 4) is 0 Å². The molecule has 0 aromatic carbocycles. The lowest BCUT2D eigenvalue weighted by atomic mass is 10.3. The summed E-state index contributed by atoms with van der Waals surface area (Å²) in [6, 6.07) is 0. The molecule has 8 N–H and O–H groups in total. The quantitative estimate of drug-likeness (QED) is 0.0915. The highest BCUT2D eigenvalue weighted by Gasteiger charge is 2.16. The molecular formula is C16H32N6O8. The molecule has 0 bridgehead atoms. The Morgan fingerprint density at radius 3 is 1.03 bits per heavy atom. The van der Waals surface area contributed by atoms with Gasteiger partial charge < -0.3 is 30.2 Å². The van der Waals surface area contributed by atoms with Gasteiger partial charge in [0.25, 0.3) is 0 Å². The van der Waals surface area contributed by atoms with Gasteiger partial charge in [0, 0.05) is 26.2 Å². The molecule has 0 spiro atoms. The van der Waals surface area contributed by atoms with Gasteiger partial charge in [-0.05, 0) is 14.1 Å². The molecule has 0 aliphatic heterocycles. The molecule has 0 amide bonds. The van der Waals surface area contributed by atoms with Crippen molar-refractivity contribution < 1.29 is 39.6 Å². The van der Waals surface area contributed by atoms with Crippen molar-refractivity contribution in [3.05, 3.63) is 0 Å². The van der Waals surface area contributed by atoms with E-state index in [1.54, 1.807) is 14.1 Å². The average Bonchev–Trinajstić information content (AvgIpc) is 2.63. The molecule has 174 valence electrons. The highest BCUT2D eigenvalue weighted by molar-refractivity contribution is 5.70. The number of nitrogens with zero attached hydrogens (tertiary/aromatic N) is 2. The second-order valence-corrected chi connectivity index (χ2v) is 6.73. The highest BCUT2D eigenvalue weighted by atomic mass is 16.4. The fourth-order valence-corrected chi connectivity index (χ4v) is 2.39.